The van der Waals surface area contributed by atoms with E-state index >= 15 is 0 Å². The Morgan fingerprint density at radius 3 is 2.68 bits per heavy atom. The third-order valence-corrected chi connectivity index (χ3v) is 2.96. The number of aromatic nitrogens is 3. The van der Waals surface area contributed by atoms with Crippen LogP contribution in [0.5, 0.6) is 0 Å². The Kier molecular flexibility index (Phi) is 3.50. The van der Waals surface area contributed by atoms with Crippen LogP contribution in [0.15, 0.2) is 30.9 Å². The molecular formula is C13H17N5O. The van der Waals surface area contributed by atoms with Gasteiger partial charge < -0.3 is 15.2 Å². The average molecular weight is 259 g/mol. The number of hydrogen-bond donors (Lipinski definition) is 1. The molecular weight excluding hydrogens is 242 g/mol. The van der Waals surface area contributed by atoms with E-state index in [2.05, 4.69) is 9.97 Å². The number of hydrogen-bond acceptors (Lipinski definition) is 4. The van der Waals surface area contributed by atoms with Crippen LogP contribution in [0.3, 0.4) is 0 Å². The predicted octanol–water partition coefficient (Wildman–Crippen LogP) is 1.18. The summed E-state index contributed by atoms with van der Waals surface area (Å²) in [5.41, 5.74) is 7.29. The van der Waals surface area contributed by atoms with E-state index in [0.29, 0.717) is 5.82 Å². The topological polar surface area (TPSA) is 77.0 Å². The maximum absolute atomic E-state index is 12.0. The van der Waals surface area contributed by atoms with Gasteiger partial charge in [-0.1, -0.05) is 0 Å². The lowest BCUT2D eigenvalue weighted by molar-refractivity contribution is -0.131. The Morgan fingerprint density at radius 2 is 2.11 bits per heavy atom. The lowest BCUT2D eigenvalue weighted by Crippen LogP contribution is -2.29. The molecule has 0 fully saturated rings. The quantitative estimate of drug-likeness (QED) is 0.897. The van der Waals surface area contributed by atoms with Gasteiger partial charge in [0.05, 0.1) is 18.2 Å². The van der Waals surface area contributed by atoms with Crippen molar-refractivity contribution in [1.82, 2.24) is 19.4 Å². The molecule has 0 spiro atoms. The number of nitrogens with zero attached hydrogens (tertiary/aromatic N) is 4. The number of imidazole rings is 1. The van der Waals surface area contributed by atoms with E-state index in [1.807, 2.05) is 17.6 Å². The Hall–Kier alpha value is -2.37. The van der Waals surface area contributed by atoms with Gasteiger partial charge in [-0.25, -0.2) is 9.97 Å². The average Bonchev–Trinajstić information content (AvgIpc) is 2.87. The summed E-state index contributed by atoms with van der Waals surface area (Å²) in [5, 5.41) is 0. The van der Waals surface area contributed by atoms with Gasteiger partial charge >= 0.3 is 0 Å². The Balaban J connectivity index is 2.37. The highest BCUT2D eigenvalue weighted by molar-refractivity contribution is 5.80. The summed E-state index contributed by atoms with van der Waals surface area (Å²) < 4.78 is 1.83. The van der Waals surface area contributed by atoms with Crippen LogP contribution in [0.25, 0.3) is 11.3 Å². The lowest BCUT2D eigenvalue weighted by Gasteiger charge is -2.19. The summed E-state index contributed by atoms with van der Waals surface area (Å²) in [6.45, 7) is 1.85. The molecule has 0 aliphatic heterocycles. The molecule has 100 valence electrons. The van der Waals surface area contributed by atoms with E-state index in [4.69, 9.17) is 5.73 Å². The third kappa shape index (κ3) is 2.57. The van der Waals surface area contributed by atoms with Gasteiger partial charge in [0.2, 0.25) is 5.91 Å². The molecule has 2 heterocycles. The molecule has 19 heavy (non-hydrogen) atoms. The molecule has 2 rings (SSSR count). The van der Waals surface area contributed by atoms with E-state index in [1.54, 1.807) is 43.8 Å². The smallest absolute Gasteiger partial charge is 0.244 e. The molecule has 1 unspecified atom stereocenters. The lowest BCUT2D eigenvalue weighted by atomic mass is 10.2. The van der Waals surface area contributed by atoms with Gasteiger partial charge in [-0.2, -0.15) is 0 Å². The first-order valence-electron chi connectivity index (χ1n) is 5.95. The normalized spacial score (nSPS) is 12.2. The monoisotopic (exact) mass is 259 g/mol. The molecule has 2 aromatic rings. The first-order valence-corrected chi connectivity index (χ1v) is 5.95. The van der Waals surface area contributed by atoms with E-state index in [-0.39, 0.29) is 11.9 Å². The Bertz CT molecular complexity index is 573. The highest BCUT2D eigenvalue weighted by atomic mass is 16.2. The summed E-state index contributed by atoms with van der Waals surface area (Å²) in [7, 11) is 3.47. The first-order chi connectivity index (χ1) is 9.00. The van der Waals surface area contributed by atoms with Gasteiger partial charge in [0.25, 0.3) is 0 Å². The maximum Gasteiger partial charge on any atom is 0.244 e. The van der Waals surface area contributed by atoms with Crippen molar-refractivity contribution >= 4 is 11.7 Å². The molecule has 0 aliphatic rings. The van der Waals surface area contributed by atoms with Crippen molar-refractivity contribution in [3.05, 3.63) is 30.9 Å². The molecule has 0 radical (unpaired) electrons. The molecule has 1 amide bonds. The summed E-state index contributed by atoms with van der Waals surface area (Å²) in [6, 6.07) is 3.28. The van der Waals surface area contributed by atoms with Gasteiger partial charge in [0, 0.05) is 25.9 Å². The number of likely N-dealkylation sites (N-methyl/N-ethyl adjacent to an activating group) is 1. The molecule has 6 heteroatoms. The number of rotatable bonds is 3. The summed E-state index contributed by atoms with van der Waals surface area (Å²) in [4.78, 5) is 21.8. The first kappa shape index (κ1) is 13.1. The molecule has 0 aliphatic carbocycles. The number of amides is 1. The summed E-state index contributed by atoms with van der Waals surface area (Å²) in [5.74, 6) is 0.481. The minimum absolute atomic E-state index is 0.0163. The van der Waals surface area contributed by atoms with Crippen molar-refractivity contribution in [3.63, 3.8) is 0 Å². The van der Waals surface area contributed by atoms with Crippen LogP contribution in [0.2, 0.25) is 0 Å². The minimum atomic E-state index is -0.315. The van der Waals surface area contributed by atoms with Crippen molar-refractivity contribution in [2.24, 2.45) is 0 Å². The van der Waals surface area contributed by atoms with Gasteiger partial charge in [-0.3, -0.25) is 4.79 Å². The number of carbonyl (C=O) groups is 1. The minimum Gasteiger partial charge on any atom is -0.384 e. The molecule has 2 N–H and O–H groups in total. The predicted molar refractivity (Wildman–Crippen MR) is 73.3 cm³/mol. The second kappa shape index (κ2) is 5.09. The van der Waals surface area contributed by atoms with Crippen molar-refractivity contribution < 1.29 is 4.79 Å². The fourth-order valence-corrected chi connectivity index (χ4v) is 1.89. The number of carbonyl (C=O) groups excluding carboxylic acids is 1. The van der Waals surface area contributed by atoms with Crippen LogP contribution < -0.4 is 5.73 Å². The fourth-order valence-electron chi connectivity index (χ4n) is 1.89. The van der Waals surface area contributed by atoms with Gasteiger partial charge in [-0.15, -0.1) is 0 Å². The summed E-state index contributed by atoms with van der Waals surface area (Å²) >= 11 is 0. The number of pyridine rings is 1. The maximum atomic E-state index is 12.0. The third-order valence-electron chi connectivity index (χ3n) is 2.96. The van der Waals surface area contributed by atoms with Crippen molar-refractivity contribution in [2.45, 2.75) is 13.0 Å². The van der Waals surface area contributed by atoms with Crippen LogP contribution in [0.1, 0.15) is 13.0 Å². The molecule has 6 nitrogen and oxygen atoms in total. The van der Waals surface area contributed by atoms with Crippen LogP contribution in [0, 0.1) is 0 Å². The van der Waals surface area contributed by atoms with Crippen LogP contribution in [-0.2, 0) is 4.79 Å². The summed E-state index contributed by atoms with van der Waals surface area (Å²) in [6.07, 6.45) is 5.04. The number of nitrogen functional groups attached to an aromatic ring is 1. The van der Waals surface area contributed by atoms with E-state index in [1.165, 1.54) is 0 Å². The van der Waals surface area contributed by atoms with E-state index in [9.17, 15) is 4.79 Å². The SMILES string of the molecule is CC(C(=O)N(C)C)n1cncc1-c1ccc(N)nc1. The Labute approximate surface area is 111 Å². The number of anilines is 1. The van der Waals surface area contributed by atoms with E-state index < -0.39 is 0 Å². The van der Waals surface area contributed by atoms with Gasteiger partial charge in [-0.05, 0) is 19.1 Å². The highest BCUT2D eigenvalue weighted by Gasteiger charge is 2.19. The zero-order valence-electron chi connectivity index (χ0n) is 11.2. The molecule has 0 bridgehead atoms. The van der Waals surface area contributed by atoms with Gasteiger partial charge in [0.1, 0.15) is 11.9 Å². The second-order valence-corrected chi connectivity index (χ2v) is 4.57. The van der Waals surface area contributed by atoms with Crippen LogP contribution in [0.4, 0.5) is 5.82 Å². The molecule has 2 aromatic heterocycles. The standard InChI is InChI=1S/C13H17N5O/c1-9(13(19)17(2)3)18-8-15-7-11(18)10-4-5-12(14)16-6-10/h4-9H,1-3H3,(H2,14,16). The van der Waals surface area contributed by atoms with Crippen molar-refractivity contribution in [2.75, 3.05) is 19.8 Å². The molecule has 0 saturated heterocycles. The molecule has 0 aromatic carbocycles. The largest absolute Gasteiger partial charge is 0.384 e. The van der Waals surface area contributed by atoms with Crippen molar-refractivity contribution in [3.8, 4) is 11.3 Å². The molecule has 1 atom stereocenters. The van der Waals surface area contributed by atoms with Crippen molar-refractivity contribution in [1.29, 1.82) is 0 Å². The number of nitrogens with two attached hydrogens (primary N) is 1. The fraction of sp³-hybridized carbons (Fsp3) is 0.308. The van der Waals surface area contributed by atoms with E-state index in [0.717, 1.165) is 11.3 Å². The Morgan fingerprint density at radius 1 is 1.37 bits per heavy atom. The second-order valence-electron chi connectivity index (χ2n) is 4.57. The highest BCUT2D eigenvalue weighted by Crippen LogP contribution is 2.22. The van der Waals surface area contributed by atoms with Gasteiger partial charge in [0.15, 0.2) is 0 Å². The van der Waals surface area contributed by atoms with Crippen LogP contribution >= 0.6 is 0 Å². The zero-order valence-corrected chi connectivity index (χ0v) is 11.2. The van der Waals surface area contributed by atoms with Crippen LogP contribution in [-0.4, -0.2) is 39.4 Å². The molecule has 0 saturated carbocycles. The zero-order chi connectivity index (χ0) is 14.0.